The van der Waals surface area contributed by atoms with Crippen molar-refractivity contribution >= 4 is 17.6 Å². The van der Waals surface area contributed by atoms with Gasteiger partial charge in [-0.1, -0.05) is 6.07 Å². The summed E-state index contributed by atoms with van der Waals surface area (Å²) >= 11 is 0. The molecule has 1 aromatic rings. The molecule has 0 unspecified atom stereocenters. The number of rotatable bonds is 5. The Labute approximate surface area is 124 Å². The van der Waals surface area contributed by atoms with Gasteiger partial charge in [-0.05, 0) is 25.0 Å². The Morgan fingerprint density at radius 3 is 2.76 bits per heavy atom. The lowest BCUT2D eigenvalue weighted by atomic mass is 10.3. The number of carbonyl (C=O) groups excluding carboxylic acids is 2. The molecule has 21 heavy (non-hydrogen) atoms. The summed E-state index contributed by atoms with van der Waals surface area (Å²) < 4.78 is 5.56. The summed E-state index contributed by atoms with van der Waals surface area (Å²) in [6.45, 7) is 3.99. The number of nitrogens with zero attached hydrogens (tertiary/aromatic N) is 1. The van der Waals surface area contributed by atoms with Gasteiger partial charge in [0.15, 0.2) is 0 Å². The fourth-order valence-electron chi connectivity index (χ4n) is 2.23. The van der Waals surface area contributed by atoms with Gasteiger partial charge in [0, 0.05) is 31.8 Å². The second kappa shape index (κ2) is 7.52. The SMILES string of the molecule is CC(=O)Nc1cccc(OCCNC(=O)N2CCCC2)c1. The van der Waals surface area contributed by atoms with Gasteiger partial charge >= 0.3 is 6.03 Å². The average molecular weight is 291 g/mol. The second-order valence-corrected chi connectivity index (χ2v) is 4.98. The van der Waals surface area contributed by atoms with E-state index >= 15 is 0 Å². The molecule has 1 aromatic carbocycles. The zero-order valence-electron chi connectivity index (χ0n) is 12.2. The van der Waals surface area contributed by atoms with Crippen LogP contribution in [-0.2, 0) is 4.79 Å². The molecule has 0 bridgehead atoms. The predicted molar refractivity (Wildman–Crippen MR) is 80.4 cm³/mol. The molecule has 1 saturated heterocycles. The second-order valence-electron chi connectivity index (χ2n) is 4.98. The Balaban J connectivity index is 1.70. The molecule has 6 nitrogen and oxygen atoms in total. The van der Waals surface area contributed by atoms with E-state index in [1.54, 1.807) is 12.1 Å². The minimum absolute atomic E-state index is 0.0249. The van der Waals surface area contributed by atoms with E-state index in [4.69, 9.17) is 4.74 Å². The maximum absolute atomic E-state index is 11.7. The first kappa shape index (κ1) is 15.2. The molecule has 2 rings (SSSR count). The summed E-state index contributed by atoms with van der Waals surface area (Å²) in [6.07, 6.45) is 2.17. The first-order chi connectivity index (χ1) is 10.1. The maximum Gasteiger partial charge on any atom is 0.317 e. The van der Waals surface area contributed by atoms with Crippen molar-refractivity contribution in [2.24, 2.45) is 0 Å². The zero-order valence-corrected chi connectivity index (χ0v) is 12.2. The lowest BCUT2D eigenvalue weighted by Gasteiger charge is -2.16. The fourth-order valence-corrected chi connectivity index (χ4v) is 2.23. The van der Waals surface area contributed by atoms with Crippen LogP contribution in [0.4, 0.5) is 10.5 Å². The molecule has 114 valence electrons. The van der Waals surface area contributed by atoms with Gasteiger partial charge in [0.05, 0.1) is 6.54 Å². The highest BCUT2D eigenvalue weighted by Crippen LogP contribution is 2.17. The third-order valence-corrected chi connectivity index (χ3v) is 3.19. The Hall–Kier alpha value is -2.24. The topological polar surface area (TPSA) is 70.7 Å². The van der Waals surface area contributed by atoms with Crippen LogP contribution in [0.2, 0.25) is 0 Å². The Kier molecular flexibility index (Phi) is 5.43. The third kappa shape index (κ3) is 4.98. The maximum atomic E-state index is 11.7. The number of anilines is 1. The van der Waals surface area contributed by atoms with Gasteiger partial charge in [0.25, 0.3) is 0 Å². The summed E-state index contributed by atoms with van der Waals surface area (Å²) in [7, 11) is 0. The number of amides is 3. The number of hydrogen-bond donors (Lipinski definition) is 2. The van der Waals surface area contributed by atoms with Gasteiger partial charge in [-0.25, -0.2) is 4.79 Å². The van der Waals surface area contributed by atoms with Crippen molar-refractivity contribution in [1.82, 2.24) is 10.2 Å². The quantitative estimate of drug-likeness (QED) is 0.813. The molecule has 3 amide bonds. The molecule has 1 fully saturated rings. The Bertz CT molecular complexity index is 499. The summed E-state index contributed by atoms with van der Waals surface area (Å²) in [5.41, 5.74) is 0.695. The standard InChI is InChI=1S/C15H21N3O3/c1-12(19)17-13-5-4-6-14(11-13)21-10-7-16-15(20)18-8-2-3-9-18/h4-6,11H,2-3,7-10H2,1H3,(H,16,20)(H,17,19). The number of hydrogen-bond acceptors (Lipinski definition) is 3. The molecule has 0 aromatic heterocycles. The van der Waals surface area contributed by atoms with Crippen LogP contribution in [-0.4, -0.2) is 43.1 Å². The van der Waals surface area contributed by atoms with Crippen molar-refractivity contribution in [3.05, 3.63) is 24.3 Å². The molecule has 0 aliphatic carbocycles. The molecule has 1 aliphatic heterocycles. The molecule has 1 aliphatic rings. The molecule has 0 radical (unpaired) electrons. The lowest BCUT2D eigenvalue weighted by Crippen LogP contribution is -2.39. The van der Waals surface area contributed by atoms with E-state index in [1.165, 1.54) is 6.92 Å². The average Bonchev–Trinajstić information content (AvgIpc) is 2.97. The van der Waals surface area contributed by atoms with Crippen molar-refractivity contribution in [2.45, 2.75) is 19.8 Å². The minimum Gasteiger partial charge on any atom is -0.492 e. The van der Waals surface area contributed by atoms with E-state index in [2.05, 4.69) is 10.6 Å². The number of urea groups is 1. The number of carbonyl (C=O) groups is 2. The van der Waals surface area contributed by atoms with Crippen LogP contribution in [0, 0.1) is 0 Å². The van der Waals surface area contributed by atoms with Crippen LogP contribution in [0.1, 0.15) is 19.8 Å². The first-order valence-corrected chi connectivity index (χ1v) is 7.18. The highest BCUT2D eigenvalue weighted by Gasteiger charge is 2.16. The smallest absolute Gasteiger partial charge is 0.317 e. The summed E-state index contributed by atoms with van der Waals surface area (Å²) in [5, 5.41) is 5.53. The largest absolute Gasteiger partial charge is 0.492 e. The molecule has 1 heterocycles. The van der Waals surface area contributed by atoms with Crippen LogP contribution < -0.4 is 15.4 Å². The van der Waals surface area contributed by atoms with Gasteiger partial charge in [-0.15, -0.1) is 0 Å². The van der Waals surface area contributed by atoms with Gasteiger partial charge in [-0.2, -0.15) is 0 Å². The molecular formula is C15H21N3O3. The third-order valence-electron chi connectivity index (χ3n) is 3.19. The van der Waals surface area contributed by atoms with E-state index < -0.39 is 0 Å². The molecule has 2 N–H and O–H groups in total. The molecule has 0 atom stereocenters. The Morgan fingerprint density at radius 2 is 2.05 bits per heavy atom. The lowest BCUT2D eigenvalue weighted by molar-refractivity contribution is -0.114. The van der Waals surface area contributed by atoms with E-state index in [1.807, 2.05) is 17.0 Å². The highest BCUT2D eigenvalue weighted by atomic mass is 16.5. The minimum atomic E-state index is -0.120. The number of benzene rings is 1. The fraction of sp³-hybridized carbons (Fsp3) is 0.467. The van der Waals surface area contributed by atoms with Crippen molar-refractivity contribution in [2.75, 3.05) is 31.6 Å². The summed E-state index contributed by atoms with van der Waals surface area (Å²) in [4.78, 5) is 24.5. The van der Waals surface area contributed by atoms with Gasteiger partial charge in [0.1, 0.15) is 12.4 Å². The summed E-state index contributed by atoms with van der Waals surface area (Å²) in [6, 6.07) is 7.15. The van der Waals surface area contributed by atoms with E-state index in [0.29, 0.717) is 24.6 Å². The first-order valence-electron chi connectivity index (χ1n) is 7.18. The molecule has 0 saturated carbocycles. The van der Waals surface area contributed by atoms with Crippen molar-refractivity contribution in [1.29, 1.82) is 0 Å². The molecular weight excluding hydrogens is 270 g/mol. The van der Waals surface area contributed by atoms with Crippen molar-refractivity contribution in [3.63, 3.8) is 0 Å². The number of nitrogens with one attached hydrogen (secondary N) is 2. The van der Waals surface area contributed by atoms with E-state index in [0.717, 1.165) is 25.9 Å². The van der Waals surface area contributed by atoms with Crippen LogP contribution in [0.15, 0.2) is 24.3 Å². The van der Waals surface area contributed by atoms with Crippen LogP contribution in [0.25, 0.3) is 0 Å². The molecule has 6 heteroatoms. The van der Waals surface area contributed by atoms with Gasteiger partial charge in [-0.3, -0.25) is 4.79 Å². The Morgan fingerprint density at radius 1 is 1.29 bits per heavy atom. The summed E-state index contributed by atoms with van der Waals surface area (Å²) in [5.74, 6) is 0.543. The van der Waals surface area contributed by atoms with Crippen molar-refractivity contribution < 1.29 is 14.3 Å². The van der Waals surface area contributed by atoms with Crippen LogP contribution >= 0.6 is 0 Å². The van der Waals surface area contributed by atoms with E-state index in [-0.39, 0.29) is 11.9 Å². The van der Waals surface area contributed by atoms with Crippen LogP contribution in [0.5, 0.6) is 5.75 Å². The van der Waals surface area contributed by atoms with Crippen molar-refractivity contribution in [3.8, 4) is 5.75 Å². The monoisotopic (exact) mass is 291 g/mol. The number of likely N-dealkylation sites (tertiary alicyclic amines) is 1. The molecule has 0 spiro atoms. The predicted octanol–water partition coefficient (Wildman–Crippen LogP) is 1.83. The zero-order chi connectivity index (χ0) is 15.1. The van der Waals surface area contributed by atoms with Gasteiger partial charge < -0.3 is 20.3 Å². The van der Waals surface area contributed by atoms with Crippen LogP contribution in [0.3, 0.4) is 0 Å². The highest BCUT2D eigenvalue weighted by molar-refractivity contribution is 5.88. The number of ether oxygens (including phenoxy) is 1. The van der Waals surface area contributed by atoms with Gasteiger partial charge in [0.2, 0.25) is 5.91 Å². The normalized spacial score (nSPS) is 13.9. The van der Waals surface area contributed by atoms with E-state index in [9.17, 15) is 9.59 Å².